The Morgan fingerprint density at radius 3 is 2.53 bits per heavy atom. The van der Waals surface area contributed by atoms with Crippen molar-refractivity contribution in [1.82, 2.24) is 0 Å². The molecule has 0 aliphatic carbocycles. The van der Waals surface area contributed by atoms with Crippen molar-refractivity contribution in [2.24, 2.45) is 0 Å². The molecule has 0 saturated carbocycles. The van der Waals surface area contributed by atoms with E-state index in [1.807, 2.05) is 18.2 Å². The van der Waals surface area contributed by atoms with Crippen LogP contribution in [0.1, 0.15) is 6.92 Å². The second kappa shape index (κ2) is 6.12. The zero-order valence-electron chi connectivity index (χ0n) is 8.22. The van der Waals surface area contributed by atoms with Crippen LogP contribution in [0.25, 0.3) is 0 Å². The van der Waals surface area contributed by atoms with Gasteiger partial charge in [0.1, 0.15) is 6.54 Å². The molecular weight excluding hydrogens is 326 g/mol. The minimum atomic E-state index is -0.264. The quantitative estimate of drug-likeness (QED) is 0.858. The number of anilines is 1. The highest BCUT2D eigenvalue weighted by molar-refractivity contribution is 9.11. The van der Waals surface area contributed by atoms with Gasteiger partial charge in [-0.15, -0.1) is 0 Å². The number of nitrogens with one attached hydrogen (secondary N) is 1. The number of halogens is 2. The number of hydrogen-bond acceptors (Lipinski definition) is 3. The van der Waals surface area contributed by atoms with Crippen LogP contribution in [-0.4, -0.2) is 19.1 Å². The number of carbonyl (C=O) groups excluding carboxylic acids is 1. The van der Waals surface area contributed by atoms with Crippen LogP contribution in [0.4, 0.5) is 5.69 Å². The van der Waals surface area contributed by atoms with Gasteiger partial charge in [-0.2, -0.15) is 0 Å². The molecule has 0 saturated heterocycles. The van der Waals surface area contributed by atoms with Crippen LogP contribution < -0.4 is 5.32 Å². The van der Waals surface area contributed by atoms with E-state index in [0.717, 1.165) is 14.6 Å². The van der Waals surface area contributed by atoms with Crippen molar-refractivity contribution in [3.63, 3.8) is 0 Å². The lowest BCUT2D eigenvalue weighted by molar-refractivity contribution is -0.140. The largest absolute Gasteiger partial charge is 0.465 e. The van der Waals surface area contributed by atoms with Crippen molar-refractivity contribution in [3.05, 3.63) is 27.1 Å². The second-order valence-corrected chi connectivity index (χ2v) is 4.46. The molecule has 0 unspecified atom stereocenters. The summed E-state index contributed by atoms with van der Waals surface area (Å²) in [6, 6.07) is 5.71. The van der Waals surface area contributed by atoms with E-state index < -0.39 is 0 Å². The fraction of sp³-hybridized carbons (Fsp3) is 0.300. The highest BCUT2D eigenvalue weighted by atomic mass is 79.9. The maximum absolute atomic E-state index is 11.1. The van der Waals surface area contributed by atoms with E-state index in [0.29, 0.717) is 6.61 Å². The molecule has 0 spiro atoms. The van der Waals surface area contributed by atoms with E-state index in [2.05, 4.69) is 37.2 Å². The van der Waals surface area contributed by atoms with Crippen LogP contribution in [0.15, 0.2) is 27.1 Å². The van der Waals surface area contributed by atoms with Crippen LogP contribution in [0.2, 0.25) is 0 Å². The highest BCUT2D eigenvalue weighted by Crippen LogP contribution is 2.30. The van der Waals surface area contributed by atoms with E-state index >= 15 is 0 Å². The SMILES string of the molecule is CCOC(=O)CNc1c(Br)cccc1Br. The third kappa shape index (κ3) is 3.83. The average molecular weight is 337 g/mol. The molecule has 0 amide bonds. The molecule has 0 radical (unpaired) electrons. The summed E-state index contributed by atoms with van der Waals surface area (Å²) >= 11 is 6.78. The molecule has 82 valence electrons. The normalized spacial score (nSPS) is 9.80. The lowest BCUT2D eigenvalue weighted by Gasteiger charge is -2.09. The minimum Gasteiger partial charge on any atom is -0.465 e. The Morgan fingerprint density at radius 2 is 2.00 bits per heavy atom. The molecule has 0 aromatic heterocycles. The Kier molecular flexibility index (Phi) is 5.11. The molecule has 3 nitrogen and oxygen atoms in total. The van der Waals surface area contributed by atoms with Crippen molar-refractivity contribution in [3.8, 4) is 0 Å². The lowest BCUT2D eigenvalue weighted by atomic mass is 10.3. The van der Waals surface area contributed by atoms with Crippen LogP contribution >= 0.6 is 31.9 Å². The Balaban J connectivity index is 2.61. The summed E-state index contributed by atoms with van der Waals surface area (Å²) in [4.78, 5) is 11.1. The highest BCUT2D eigenvalue weighted by Gasteiger charge is 2.06. The maximum atomic E-state index is 11.1. The first-order valence-corrected chi connectivity index (χ1v) is 6.07. The molecule has 1 N–H and O–H groups in total. The van der Waals surface area contributed by atoms with Gasteiger partial charge in [0.25, 0.3) is 0 Å². The molecule has 5 heteroatoms. The average Bonchev–Trinajstić information content (AvgIpc) is 2.17. The lowest BCUT2D eigenvalue weighted by Crippen LogP contribution is -2.17. The number of ether oxygens (including phenoxy) is 1. The molecular formula is C10H11Br2NO2. The fourth-order valence-corrected chi connectivity index (χ4v) is 2.32. The molecule has 15 heavy (non-hydrogen) atoms. The molecule has 0 atom stereocenters. The molecule has 1 rings (SSSR count). The Hall–Kier alpha value is -0.550. The van der Waals surface area contributed by atoms with E-state index in [4.69, 9.17) is 4.74 Å². The van der Waals surface area contributed by atoms with Crippen molar-refractivity contribution in [2.45, 2.75) is 6.92 Å². The Morgan fingerprint density at radius 1 is 1.40 bits per heavy atom. The first kappa shape index (κ1) is 12.5. The van der Waals surface area contributed by atoms with Gasteiger partial charge in [0, 0.05) is 8.95 Å². The van der Waals surface area contributed by atoms with Gasteiger partial charge in [0.05, 0.1) is 12.3 Å². The standard InChI is InChI=1S/C10H11Br2NO2/c1-2-15-9(14)6-13-10-7(11)4-3-5-8(10)12/h3-5,13H,2,6H2,1H3. The van der Waals surface area contributed by atoms with Crippen LogP contribution in [0.5, 0.6) is 0 Å². The third-order valence-electron chi connectivity index (χ3n) is 1.68. The van der Waals surface area contributed by atoms with Crippen molar-refractivity contribution >= 4 is 43.5 Å². The molecule has 0 aliphatic rings. The zero-order valence-corrected chi connectivity index (χ0v) is 11.4. The molecule has 1 aromatic carbocycles. The summed E-state index contributed by atoms with van der Waals surface area (Å²) in [7, 11) is 0. The smallest absolute Gasteiger partial charge is 0.325 e. The van der Waals surface area contributed by atoms with Gasteiger partial charge in [0.15, 0.2) is 0 Å². The van der Waals surface area contributed by atoms with Crippen molar-refractivity contribution < 1.29 is 9.53 Å². The number of rotatable bonds is 4. The summed E-state index contributed by atoms with van der Waals surface area (Å²) in [6.45, 7) is 2.35. The number of benzene rings is 1. The van der Waals surface area contributed by atoms with Gasteiger partial charge in [0.2, 0.25) is 0 Å². The topological polar surface area (TPSA) is 38.3 Å². The van der Waals surface area contributed by atoms with Crippen molar-refractivity contribution in [1.29, 1.82) is 0 Å². The molecule has 0 aliphatic heterocycles. The van der Waals surface area contributed by atoms with Gasteiger partial charge in [-0.3, -0.25) is 4.79 Å². The van der Waals surface area contributed by atoms with E-state index in [-0.39, 0.29) is 12.5 Å². The zero-order chi connectivity index (χ0) is 11.3. The van der Waals surface area contributed by atoms with Crippen molar-refractivity contribution in [2.75, 3.05) is 18.5 Å². The van der Waals surface area contributed by atoms with Crippen LogP contribution in [0.3, 0.4) is 0 Å². The number of esters is 1. The van der Waals surface area contributed by atoms with E-state index in [9.17, 15) is 4.79 Å². The predicted octanol–water partition coefficient (Wildman–Crippen LogP) is 3.19. The predicted molar refractivity (Wildman–Crippen MR) is 67.0 cm³/mol. The van der Waals surface area contributed by atoms with Gasteiger partial charge < -0.3 is 10.1 Å². The van der Waals surface area contributed by atoms with Crippen LogP contribution in [0, 0.1) is 0 Å². The summed E-state index contributed by atoms with van der Waals surface area (Å²) in [5.74, 6) is -0.264. The Bertz CT molecular complexity index is 335. The maximum Gasteiger partial charge on any atom is 0.325 e. The summed E-state index contributed by atoms with van der Waals surface area (Å²) < 4.78 is 6.62. The number of para-hydroxylation sites is 1. The first-order chi connectivity index (χ1) is 7.15. The second-order valence-electron chi connectivity index (χ2n) is 2.76. The Labute approximate surface area is 105 Å². The van der Waals surface area contributed by atoms with Crippen LogP contribution in [-0.2, 0) is 9.53 Å². The van der Waals surface area contributed by atoms with Gasteiger partial charge in [-0.05, 0) is 50.9 Å². The van der Waals surface area contributed by atoms with Gasteiger partial charge in [-0.25, -0.2) is 0 Å². The molecule has 0 fully saturated rings. The van der Waals surface area contributed by atoms with E-state index in [1.165, 1.54) is 0 Å². The fourth-order valence-electron chi connectivity index (χ4n) is 1.04. The summed E-state index contributed by atoms with van der Waals surface area (Å²) in [5, 5.41) is 3.00. The monoisotopic (exact) mass is 335 g/mol. The van der Waals surface area contributed by atoms with E-state index in [1.54, 1.807) is 6.92 Å². The molecule has 1 aromatic rings. The minimum absolute atomic E-state index is 0.162. The summed E-state index contributed by atoms with van der Waals surface area (Å²) in [6.07, 6.45) is 0. The summed E-state index contributed by atoms with van der Waals surface area (Å²) in [5.41, 5.74) is 0.852. The molecule has 0 heterocycles. The van der Waals surface area contributed by atoms with Gasteiger partial charge in [-0.1, -0.05) is 6.07 Å². The first-order valence-electron chi connectivity index (χ1n) is 4.48. The number of carbonyl (C=O) groups is 1. The number of hydrogen-bond donors (Lipinski definition) is 1. The van der Waals surface area contributed by atoms with Gasteiger partial charge >= 0.3 is 5.97 Å². The third-order valence-corrected chi connectivity index (χ3v) is 3.00. The molecule has 0 bridgehead atoms.